The molecule has 0 spiro atoms. The maximum absolute atomic E-state index is 13.2. The molecular weight excluding hydrogens is 480 g/mol. The van der Waals surface area contributed by atoms with Gasteiger partial charge in [0.05, 0.1) is 17.5 Å². The van der Waals surface area contributed by atoms with Gasteiger partial charge in [0, 0.05) is 30.1 Å². The highest BCUT2D eigenvalue weighted by Crippen LogP contribution is 2.31. The number of rotatable bonds is 6. The molecule has 0 radical (unpaired) electrons. The van der Waals surface area contributed by atoms with Gasteiger partial charge in [-0.05, 0) is 44.0 Å². The number of furan rings is 1. The number of pyridine rings is 1. The Morgan fingerprint density at radius 2 is 1.94 bits per heavy atom. The first-order valence-corrected chi connectivity index (χ1v) is 12.6. The van der Waals surface area contributed by atoms with Crippen LogP contribution < -0.4 is 5.32 Å². The minimum Gasteiger partial charge on any atom is -0.462 e. The zero-order valence-electron chi connectivity index (χ0n) is 21.1. The molecule has 3 aromatic heterocycles. The minimum atomic E-state index is -0.264. The third kappa shape index (κ3) is 5.62. The average Bonchev–Trinajstić information content (AvgIpc) is 3.54. The summed E-state index contributed by atoms with van der Waals surface area (Å²) in [6.45, 7) is 9.05. The number of nitrogens with zero attached hydrogens (tertiary/aromatic N) is 5. The van der Waals surface area contributed by atoms with Crippen molar-refractivity contribution in [3.8, 4) is 0 Å². The quantitative estimate of drug-likeness (QED) is 0.390. The summed E-state index contributed by atoms with van der Waals surface area (Å²) in [4.78, 5) is 37.6. The molecule has 3 aromatic rings. The number of anilines is 1. The van der Waals surface area contributed by atoms with Gasteiger partial charge in [-0.3, -0.25) is 19.9 Å². The molecule has 2 amide bonds. The molecule has 0 saturated carbocycles. The molecule has 0 aliphatic carbocycles. The molecule has 4 heterocycles. The number of carbonyl (C=O) groups excluding carboxylic acids is 2. The Bertz CT molecular complexity index is 1250. The van der Waals surface area contributed by atoms with Crippen molar-refractivity contribution in [1.82, 2.24) is 20.1 Å². The van der Waals surface area contributed by atoms with E-state index in [2.05, 4.69) is 41.4 Å². The molecule has 190 valence electrons. The normalized spacial score (nSPS) is 15.1. The summed E-state index contributed by atoms with van der Waals surface area (Å²) in [5.41, 5.74) is 2.06. The topological polar surface area (TPSA) is 123 Å². The van der Waals surface area contributed by atoms with E-state index < -0.39 is 0 Å². The zero-order chi connectivity index (χ0) is 25.9. The fraction of sp³-hybridized carbons (Fsp3) is 0.440. The number of aryl methyl sites for hydroxylation is 1. The Hall–Kier alpha value is -3.60. The van der Waals surface area contributed by atoms with E-state index in [4.69, 9.17) is 14.2 Å². The summed E-state index contributed by atoms with van der Waals surface area (Å²) in [5, 5.41) is 16.4. The summed E-state index contributed by atoms with van der Waals surface area (Å²) in [7, 11) is 1.39. The molecule has 4 rings (SSSR count). The van der Waals surface area contributed by atoms with E-state index in [1.165, 1.54) is 24.7 Å². The number of oxime groups is 1. The molecule has 36 heavy (non-hydrogen) atoms. The Labute approximate surface area is 213 Å². The first-order chi connectivity index (χ1) is 17.2. The molecule has 0 atom stereocenters. The van der Waals surface area contributed by atoms with Crippen molar-refractivity contribution < 1.29 is 18.8 Å². The van der Waals surface area contributed by atoms with E-state index in [0.29, 0.717) is 42.4 Å². The monoisotopic (exact) mass is 510 g/mol. The lowest BCUT2D eigenvalue weighted by Crippen LogP contribution is -2.42. The van der Waals surface area contributed by atoms with Crippen molar-refractivity contribution in [2.75, 3.05) is 25.5 Å². The molecule has 1 saturated heterocycles. The van der Waals surface area contributed by atoms with Gasteiger partial charge < -0.3 is 14.2 Å². The van der Waals surface area contributed by atoms with Crippen LogP contribution >= 0.6 is 11.3 Å². The lowest BCUT2D eigenvalue weighted by Gasteiger charge is -2.32. The van der Waals surface area contributed by atoms with Crippen molar-refractivity contribution in [3.63, 3.8) is 0 Å². The van der Waals surface area contributed by atoms with E-state index >= 15 is 0 Å². The van der Waals surface area contributed by atoms with Gasteiger partial charge in [-0.15, -0.1) is 10.2 Å². The SMILES string of the molecule is CO/N=C(/C(=O)N1CCC(c2nc(C)ccc2C(=O)Nc2nnc(C(C)(C)C)s2)CC1)c1ccco1. The van der Waals surface area contributed by atoms with Gasteiger partial charge >= 0.3 is 0 Å². The number of nitrogens with one attached hydrogen (secondary N) is 1. The predicted molar refractivity (Wildman–Crippen MR) is 136 cm³/mol. The van der Waals surface area contributed by atoms with Crippen LogP contribution in [0, 0.1) is 6.92 Å². The van der Waals surface area contributed by atoms with Crippen LogP contribution in [-0.2, 0) is 15.0 Å². The van der Waals surface area contributed by atoms with Gasteiger partial charge in [0.15, 0.2) is 5.76 Å². The fourth-order valence-electron chi connectivity index (χ4n) is 4.02. The van der Waals surface area contributed by atoms with Crippen molar-refractivity contribution in [2.45, 2.75) is 51.9 Å². The van der Waals surface area contributed by atoms with Gasteiger partial charge in [-0.25, -0.2) is 0 Å². The van der Waals surface area contributed by atoms with Gasteiger partial charge in [-0.2, -0.15) is 0 Å². The molecule has 10 nitrogen and oxygen atoms in total. The lowest BCUT2D eigenvalue weighted by molar-refractivity contribution is -0.125. The van der Waals surface area contributed by atoms with Gasteiger partial charge in [0.2, 0.25) is 10.8 Å². The molecule has 1 aliphatic rings. The van der Waals surface area contributed by atoms with Crippen LogP contribution in [0.15, 0.2) is 40.1 Å². The third-order valence-electron chi connectivity index (χ3n) is 5.90. The van der Waals surface area contributed by atoms with Crippen molar-refractivity contribution in [2.24, 2.45) is 5.16 Å². The molecule has 1 N–H and O–H groups in total. The molecule has 1 fully saturated rings. The van der Waals surface area contributed by atoms with Crippen LogP contribution in [-0.4, -0.2) is 57.8 Å². The summed E-state index contributed by atoms with van der Waals surface area (Å²) in [5.74, 6) is -0.137. The predicted octanol–water partition coefficient (Wildman–Crippen LogP) is 4.14. The van der Waals surface area contributed by atoms with Gasteiger partial charge in [0.1, 0.15) is 12.1 Å². The molecule has 11 heteroatoms. The highest BCUT2D eigenvalue weighted by atomic mass is 32.1. The lowest BCUT2D eigenvalue weighted by atomic mass is 9.89. The van der Waals surface area contributed by atoms with E-state index in [1.54, 1.807) is 23.1 Å². The maximum Gasteiger partial charge on any atom is 0.279 e. The van der Waals surface area contributed by atoms with Crippen LogP contribution in [0.2, 0.25) is 0 Å². The maximum atomic E-state index is 13.2. The highest BCUT2D eigenvalue weighted by Gasteiger charge is 2.31. The number of aromatic nitrogens is 3. The summed E-state index contributed by atoms with van der Waals surface area (Å²) in [6, 6.07) is 7.00. The van der Waals surface area contributed by atoms with Crippen LogP contribution in [0.25, 0.3) is 0 Å². The Morgan fingerprint density at radius 1 is 1.19 bits per heavy atom. The number of hydrogen-bond donors (Lipinski definition) is 1. The second kappa shape index (κ2) is 10.6. The van der Waals surface area contributed by atoms with Crippen LogP contribution in [0.5, 0.6) is 0 Å². The number of amides is 2. The standard InChI is InChI=1S/C25H30N6O4S/c1-15-8-9-17(21(32)27-24-29-28-23(36-24)25(2,3)4)19(26-15)16-10-12-31(13-11-16)22(33)20(30-34-5)18-7-6-14-35-18/h6-9,14,16H,10-13H2,1-5H3,(H,27,29,32)/b30-20+. The number of likely N-dealkylation sites (tertiary alicyclic amines) is 1. The molecule has 0 bridgehead atoms. The molecule has 0 unspecified atom stereocenters. The second-order valence-electron chi connectivity index (χ2n) is 9.67. The molecule has 1 aliphatic heterocycles. The Kier molecular flexibility index (Phi) is 7.48. The van der Waals surface area contributed by atoms with Gasteiger partial charge in [0.25, 0.3) is 11.8 Å². The molecule has 0 aromatic carbocycles. The Balaban J connectivity index is 1.48. The summed E-state index contributed by atoms with van der Waals surface area (Å²) < 4.78 is 5.35. The number of piperidine rings is 1. The summed E-state index contributed by atoms with van der Waals surface area (Å²) in [6.07, 6.45) is 2.81. The van der Waals surface area contributed by atoms with E-state index in [9.17, 15) is 9.59 Å². The highest BCUT2D eigenvalue weighted by molar-refractivity contribution is 7.15. The van der Waals surface area contributed by atoms with Crippen LogP contribution in [0.1, 0.15) is 72.0 Å². The van der Waals surface area contributed by atoms with Crippen molar-refractivity contribution in [3.05, 3.63) is 58.2 Å². The summed E-state index contributed by atoms with van der Waals surface area (Å²) >= 11 is 1.37. The van der Waals surface area contributed by atoms with Gasteiger partial charge in [-0.1, -0.05) is 37.3 Å². The fourth-order valence-corrected chi connectivity index (χ4v) is 4.82. The van der Waals surface area contributed by atoms with Crippen molar-refractivity contribution >= 4 is 34.0 Å². The second-order valence-corrected chi connectivity index (χ2v) is 10.6. The van der Waals surface area contributed by atoms with Crippen molar-refractivity contribution in [1.29, 1.82) is 0 Å². The first-order valence-electron chi connectivity index (χ1n) is 11.7. The zero-order valence-corrected chi connectivity index (χ0v) is 21.9. The van der Waals surface area contributed by atoms with E-state index in [-0.39, 0.29) is 28.9 Å². The minimum absolute atomic E-state index is 0.0284. The van der Waals surface area contributed by atoms with Crippen LogP contribution in [0.3, 0.4) is 0 Å². The third-order valence-corrected chi connectivity index (χ3v) is 7.17. The Morgan fingerprint density at radius 3 is 2.56 bits per heavy atom. The largest absolute Gasteiger partial charge is 0.462 e. The van der Waals surface area contributed by atoms with E-state index in [0.717, 1.165) is 16.4 Å². The average molecular weight is 511 g/mol. The smallest absolute Gasteiger partial charge is 0.279 e. The van der Waals surface area contributed by atoms with E-state index in [1.807, 2.05) is 13.0 Å². The molecular formula is C25H30N6O4S. The number of carbonyl (C=O) groups is 2. The first kappa shape index (κ1) is 25.5. The van der Waals surface area contributed by atoms with Crippen LogP contribution in [0.4, 0.5) is 5.13 Å². The number of hydrogen-bond acceptors (Lipinski definition) is 9.